The van der Waals surface area contributed by atoms with Crippen molar-refractivity contribution in [2.75, 3.05) is 18.1 Å². The highest BCUT2D eigenvalue weighted by atomic mass is 19.2. The molecule has 0 spiro atoms. The molecular formula is C27H22F3NO5. The third-order valence-electron chi connectivity index (χ3n) is 5.63. The summed E-state index contributed by atoms with van der Waals surface area (Å²) in [5, 5.41) is 11.3. The van der Waals surface area contributed by atoms with E-state index in [1.54, 1.807) is 26.0 Å². The highest BCUT2D eigenvalue weighted by Crippen LogP contribution is 2.44. The zero-order valence-corrected chi connectivity index (χ0v) is 19.4. The predicted molar refractivity (Wildman–Crippen MR) is 126 cm³/mol. The number of hydrogen-bond acceptors (Lipinski definition) is 5. The van der Waals surface area contributed by atoms with Gasteiger partial charge in [0.2, 0.25) is 0 Å². The first-order valence-electron chi connectivity index (χ1n) is 11.2. The van der Waals surface area contributed by atoms with E-state index >= 15 is 0 Å². The lowest BCUT2D eigenvalue weighted by Gasteiger charge is -2.25. The predicted octanol–water partition coefficient (Wildman–Crippen LogP) is 5.53. The minimum atomic E-state index is -1.25. The van der Waals surface area contributed by atoms with Crippen LogP contribution >= 0.6 is 0 Å². The Kier molecular flexibility index (Phi) is 7.00. The smallest absolute Gasteiger partial charge is 0.300 e. The van der Waals surface area contributed by atoms with E-state index in [4.69, 9.17) is 9.47 Å². The van der Waals surface area contributed by atoms with Crippen molar-refractivity contribution in [3.63, 3.8) is 0 Å². The first kappa shape index (κ1) is 24.8. The number of ether oxygens (including phenoxy) is 2. The van der Waals surface area contributed by atoms with Crippen LogP contribution in [0.1, 0.15) is 31.0 Å². The molecule has 4 rings (SSSR count). The van der Waals surface area contributed by atoms with Gasteiger partial charge in [-0.25, -0.2) is 13.2 Å². The molecule has 0 radical (unpaired) electrons. The zero-order chi connectivity index (χ0) is 26.0. The van der Waals surface area contributed by atoms with E-state index in [0.717, 1.165) is 35.2 Å². The Balaban J connectivity index is 1.95. The number of aliphatic hydroxyl groups excluding tert-OH is 1. The summed E-state index contributed by atoms with van der Waals surface area (Å²) in [4.78, 5) is 27.3. The van der Waals surface area contributed by atoms with Gasteiger partial charge in [0.05, 0.1) is 30.4 Å². The first-order valence-corrected chi connectivity index (χ1v) is 11.2. The highest BCUT2D eigenvalue weighted by Gasteiger charge is 2.47. The fourth-order valence-corrected chi connectivity index (χ4v) is 4.07. The number of halogens is 3. The van der Waals surface area contributed by atoms with Crippen molar-refractivity contribution in [3.8, 4) is 11.5 Å². The summed E-state index contributed by atoms with van der Waals surface area (Å²) < 4.78 is 52.4. The molecule has 0 aliphatic carbocycles. The zero-order valence-electron chi connectivity index (χ0n) is 19.4. The van der Waals surface area contributed by atoms with Gasteiger partial charge in [0.25, 0.3) is 11.7 Å². The molecule has 9 heteroatoms. The Hall–Kier alpha value is -4.27. The summed E-state index contributed by atoms with van der Waals surface area (Å²) in [5.74, 6) is -4.91. The summed E-state index contributed by atoms with van der Waals surface area (Å²) in [7, 11) is 0. The van der Waals surface area contributed by atoms with Gasteiger partial charge in [-0.15, -0.1) is 0 Å². The second-order valence-corrected chi connectivity index (χ2v) is 7.84. The maximum absolute atomic E-state index is 14.1. The molecule has 1 unspecified atom stereocenters. The number of amides is 1. The fourth-order valence-electron chi connectivity index (χ4n) is 4.07. The number of nitrogens with zero attached hydrogens (tertiary/aromatic N) is 1. The molecule has 1 saturated heterocycles. The summed E-state index contributed by atoms with van der Waals surface area (Å²) in [5.41, 5.74) is -0.0379. The van der Waals surface area contributed by atoms with Gasteiger partial charge in [-0.05, 0) is 55.8 Å². The lowest BCUT2D eigenvalue weighted by Crippen LogP contribution is -2.29. The Morgan fingerprint density at radius 1 is 0.889 bits per heavy atom. The van der Waals surface area contributed by atoms with Crippen LogP contribution in [-0.2, 0) is 9.59 Å². The minimum Gasteiger partial charge on any atom is -0.507 e. The topological polar surface area (TPSA) is 76.1 Å². The highest BCUT2D eigenvalue weighted by molar-refractivity contribution is 6.51. The summed E-state index contributed by atoms with van der Waals surface area (Å²) in [6.45, 7) is 4.16. The van der Waals surface area contributed by atoms with Crippen LogP contribution in [0, 0.1) is 17.5 Å². The van der Waals surface area contributed by atoms with Gasteiger partial charge in [-0.3, -0.25) is 14.5 Å². The molecule has 186 valence electrons. The molecule has 0 aromatic heterocycles. The van der Waals surface area contributed by atoms with E-state index in [9.17, 15) is 27.9 Å². The van der Waals surface area contributed by atoms with Gasteiger partial charge in [0, 0.05) is 17.8 Å². The van der Waals surface area contributed by atoms with Gasteiger partial charge in [0.15, 0.2) is 11.6 Å². The summed E-state index contributed by atoms with van der Waals surface area (Å²) >= 11 is 0. The monoisotopic (exact) mass is 497 g/mol. The van der Waals surface area contributed by atoms with Gasteiger partial charge < -0.3 is 14.6 Å². The van der Waals surface area contributed by atoms with E-state index in [1.807, 2.05) is 0 Å². The Morgan fingerprint density at radius 3 is 2.22 bits per heavy atom. The lowest BCUT2D eigenvalue weighted by atomic mass is 9.94. The second kappa shape index (κ2) is 10.2. The molecule has 1 amide bonds. The van der Waals surface area contributed by atoms with Crippen LogP contribution in [0.3, 0.4) is 0 Å². The fraction of sp³-hybridized carbons (Fsp3) is 0.185. The Morgan fingerprint density at radius 2 is 1.58 bits per heavy atom. The number of hydrogen-bond donors (Lipinski definition) is 1. The van der Waals surface area contributed by atoms with Crippen LogP contribution in [-0.4, -0.2) is 30.0 Å². The van der Waals surface area contributed by atoms with Crippen LogP contribution in [0.2, 0.25) is 0 Å². The molecule has 36 heavy (non-hydrogen) atoms. The molecule has 0 bridgehead atoms. The Labute approximate surface area is 205 Å². The van der Waals surface area contributed by atoms with Crippen molar-refractivity contribution in [2.45, 2.75) is 19.9 Å². The number of ketones is 1. The molecule has 1 fully saturated rings. The van der Waals surface area contributed by atoms with E-state index in [0.29, 0.717) is 12.4 Å². The van der Waals surface area contributed by atoms with E-state index in [1.165, 1.54) is 18.2 Å². The van der Waals surface area contributed by atoms with Gasteiger partial charge >= 0.3 is 0 Å². The normalized spacial score (nSPS) is 16.9. The molecule has 1 N–H and O–H groups in total. The average molecular weight is 497 g/mol. The lowest BCUT2D eigenvalue weighted by molar-refractivity contribution is -0.132. The number of rotatable bonds is 7. The summed E-state index contributed by atoms with van der Waals surface area (Å²) in [6, 6.07) is 11.0. The molecular weight excluding hydrogens is 475 g/mol. The molecule has 1 aliphatic rings. The number of benzene rings is 3. The standard InChI is InChI=1S/C27H22F3NO5/c1-3-35-18-10-11-19(22(14-18)36-4-2)25(32)23-24(15-5-7-16(28)8-6-15)31(27(34)26(23)33)17-9-12-20(29)21(30)13-17/h5-14,24,32H,3-4H2,1-2H3/b25-23-. The largest absolute Gasteiger partial charge is 0.507 e. The third kappa shape index (κ3) is 4.51. The molecule has 6 nitrogen and oxygen atoms in total. The number of carbonyl (C=O) groups excluding carboxylic acids is 2. The van der Waals surface area contributed by atoms with Gasteiger partial charge in [-0.1, -0.05) is 12.1 Å². The molecule has 1 aliphatic heterocycles. The first-order chi connectivity index (χ1) is 17.3. The molecule has 3 aromatic carbocycles. The van der Waals surface area contributed by atoms with Crippen LogP contribution in [0.25, 0.3) is 5.76 Å². The van der Waals surface area contributed by atoms with E-state index < -0.39 is 40.9 Å². The average Bonchev–Trinajstić information content (AvgIpc) is 3.12. The molecule has 1 atom stereocenters. The number of Topliss-reactive ketones (excluding diaryl/α,β-unsaturated/α-hetero) is 1. The quantitative estimate of drug-likeness (QED) is 0.264. The van der Waals surface area contributed by atoms with Crippen LogP contribution < -0.4 is 14.4 Å². The Bertz CT molecular complexity index is 1350. The van der Waals surface area contributed by atoms with Crippen molar-refractivity contribution >= 4 is 23.1 Å². The number of anilines is 1. The molecule has 3 aromatic rings. The van der Waals surface area contributed by atoms with Crippen LogP contribution in [0.4, 0.5) is 18.9 Å². The number of carbonyl (C=O) groups is 2. The van der Waals surface area contributed by atoms with Gasteiger partial charge in [-0.2, -0.15) is 0 Å². The van der Waals surface area contributed by atoms with E-state index in [-0.39, 0.29) is 34.7 Å². The van der Waals surface area contributed by atoms with Crippen molar-refractivity contribution in [1.29, 1.82) is 0 Å². The summed E-state index contributed by atoms with van der Waals surface area (Å²) in [6.07, 6.45) is 0. The van der Waals surface area contributed by atoms with Crippen molar-refractivity contribution < 1.29 is 37.3 Å². The SMILES string of the molecule is CCOc1ccc(/C(O)=C2/C(=O)C(=O)N(c3ccc(F)c(F)c3)C2c2ccc(F)cc2)c(OCC)c1. The van der Waals surface area contributed by atoms with Crippen LogP contribution in [0.5, 0.6) is 11.5 Å². The van der Waals surface area contributed by atoms with E-state index in [2.05, 4.69) is 0 Å². The minimum absolute atomic E-state index is 0.110. The maximum Gasteiger partial charge on any atom is 0.300 e. The molecule has 1 heterocycles. The second-order valence-electron chi connectivity index (χ2n) is 7.84. The van der Waals surface area contributed by atoms with Crippen molar-refractivity contribution in [1.82, 2.24) is 0 Å². The molecule has 0 saturated carbocycles. The van der Waals surface area contributed by atoms with Crippen molar-refractivity contribution in [2.24, 2.45) is 0 Å². The van der Waals surface area contributed by atoms with Crippen molar-refractivity contribution in [3.05, 3.63) is 94.8 Å². The third-order valence-corrected chi connectivity index (χ3v) is 5.63. The van der Waals surface area contributed by atoms with Crippen LogP contribution in [0.15, 0.2) is 66.2 Å². The maximum atomic E-state index is 14.1. The van der Waals surface area contributed by atoms with Gasteiger partial charge in [0.1, 0.15) is 23.1 Å². The number of aliphatic hydroxyl groups is 1.